The van der Waals surface area contributed by atoms with Crippen LogP contribution in [0.25, 0.3) is 22.6 Å². The first-order chi connectivity index (χ1) is 18.7. The van der Waals surface area contributed by atoms with E-state index in [4.69, 9.17) is 4.74 Å². The molecular weight excluding hydrogens is 523 g/mol. The van der Waals surface area contributed by atoms with Crippen molar-refractivity contribution >= 4 is 5.82 Å². The molecule has 9 nitrogen and oxygen atoms in total. The minimum Gasteiger partial charge on any atom is -0.480 e. The van der Waals surface area contributed by atoms with Gasteiger partial charge in [0, 0.05) is 56.0 Å². The smallest absolute Gasteiger partial charge is 0.434 e. The second-order valence-corrected chi connectivity index (χ2v) is 9.55. The fraction of sp³-hybridized carbons (Fsp3) is 0.400. The third-order valence-corrected chi connectivity index (χ3v) is 7.00. The van der Waals surface area contributed by atoms with Crippen LogP contribution in [0.5, 0.6) is 5.88 Å². The Hall–Kier alpha value is -4.10. The van der Waals surface area contributed by atoms with Crippen molar-refractivity contribution in [3.63, 3.8) is 0 Å². The standard InChI is InChI=1S/C25H23F5N8O/c1-36-11-17(25(28,29)30)34-22(36)14-5-6-18(31-9-14)37-8-7-16-15(10-37)21(35-38(16)24(26)27)19-20(13-3-4-13)32-12-33-23(19)39-2/h5-6,9,11-13,24H,3-4,7-8,10H2,1-2H3. The van der Waals surface area contributed by atoms with Gasteiger partial charge in [0.2, 0.25) is 5.88 Å². The molecule has 0 atom stereocenters. The van der Waals surface area contributed by atoms with Crippen LogP contribution >= 0.6 is 0 Å². The van der Waals surface area contributed by atoms with Gasteiger partial charge in [0.15, 0.2) is 5.69 Å². The Morgan fingerprint density at radius 1 is 1.10 bits per heavy atom. The number of methoxy groups -OCH3 is 1. The minimum atomic E-state index is -4.55. The second kappa shape index (κ2) is 9.27. The Morgan fingerprint density at radius 3 is 2.51 bits per heavy atom. The molecule has 0 spiro atoms. The number of nitrogens with zero attached hydrogens (tertiary/aromatic N) is 8. The predicted molar refractivity (Wildman–Crippen MR) is 129 cm³/mol. The molecule has 5 heterocycles. The van der Waals surface area contributed by atoms with E-state index in [1.165, 1.54) is 31.2 Å². The summed E-state index contributed by atoms with van der Waals surface area (Å²) in [5.41, 5.74) is 2.09. The van der Waals surface area contributed by atoms with Crippen LogP contribution in [0.1, 0.15) is 48.0 Å². The molecule has 0 amide bonds. The number of pyridine rings is 1. The molecule has 0 unspecified atom stereocenters. The fourth-order valence-electron chi connectivity index (χ4n) is 5.01. The normalized spacial score (nSPS) is 15.6. The number of alkyl halides is 5. The van der Waals surface area contributed by atoms with Crippen LogP contribution in [0.15, 0.2) is 30.9 Å². The number of anilines is 1. The lowest BCUT2D eigenvalue weighted by Gasteiger charge is -2.29. The molecule has 0 aromatic carbocycles. The Kier molecular flexibility index (Phi) is 5.99. The van der Waals surface area contributed by atoms with Crippen molar-refractivity contribution < 1.29 is 26.7 Å². The van der Waals surface area contributed by atoms with Crippen molar-refractivity contribution in [2.45, 2.75) is 44.5 Å². The van der Waals surface area contributed by atoms with E-state index in [-0.39, 0.29) is 24.2 Å². The van der Waals surface area contributed by atoms with Gasteiger partial charge in [-0.05, 0) is 25.0 Å². The van der Waals surface area contributed by atoms with E-state index in [1.807, 2.05) is 4.90 Å². The van der Waals surface area contributed by atoms with Gasteiger partial charge < -0.3 is 14.2 Å². The quantitative estimate of drug-likeness (QED) is 0.315. The van der Waals surface area contributed by atoms with Crippen LogP contribution in [0, 0.1) is 0 Å². The molecule has 14 heteroatoms. The molecule has 6 rings (SSSR count). The summed E-state index contributed by atoms with van der Waals surface area (Å²) in [4.78, 5) is 18.7. The Balaban J connectivity index is 1.35. The SMILES string of the molecule is COc1ncnc(C2CC2)c1-c1nn(C(F)F)c2c1CN(c1ccc(-c3nc(C(F)(F)F)cn3C)cn1)CC2. The topological polar surface area (TPSA) is 86.8 Å². The lowest BCUT2D eigenvalue weighted by Crippen LogP contribution is -2.32. The largest absolute Gasteiger partial charge is 0.480 e. The molecule has 2 aliphatic rings. The van der Waals surface area contributed by atoms with Crippen molar-refractivity contribution in [1.82, 2.24) is 34.3 Å². The van der Waals surface area contributed by atoms with Gasteiger partial charge in [0.1, 0.15) is 23.7 Å². The highest BCUT2D eigenvalue weighted by molar-refractivity contribution is 5.73. The Bertz CT molecular complexity index is 1520. The van der Waals surface area contributed by atoms with E-state index >= 15 is 0 Å². The minimum absolute atomic E-state index is 0.131. The van der Waals surface area contributed by atoms with Gasteiger partial charge in [0.25, 0.3) is 0 Å². The number of halogens is 5. The third-order valence-electron chi connectivity index (χ3n) is 7.00. The Morgan fingerprint density at radius 2 is 1.90 bits per heavy atom. The van der Waals surface area contributed by atoms with Crippen molar-refractivity contribution in [3.8, 4) is 28.5 Å². The molecule has 1 fully saturated rings. The number of ether oxygens (including phenoxy) is 1. The summed E-state index contributed by atoms with van der Waals surface area (Å²) in [6.07, 6.45) is 1.40. The first-order valence-electron chi connectivity index (χ1n) is 12.2. The summed E-state index contributed by atoms with van der Waals surface area (Å²) in [6, 6.07) is 3.32. The third kappa shape index (κ3) is 4.46. The highest BCUT2D eigenvalue weighted by Crippen LogP contribution is 2.47. The van der Waals surface area contributed by atoms with Crippen LogP contribution in [0.2, 0.25) is 0 Å². The number of imidazole rings is 1. The highest BCUT2D eigenvalue weighted by Gasteiger charge is 2.36. The maximum absolute atomic E-state index is 14.0. The monoisotopic (exact) mass is 546 g/mol. The van der Waals surface area contributed by atoms with Crippen molar-refractivity contribution in [2.75, 3.05) is 18.6 Å². The van der Waals surface area contributed by atoms with Crippen LogP contribution in [-0.4, -0.2) is 47.9 Å². The van der Waals surface area contributed by atoms with Gasteiger partial charge in [-0.25, -0.2) is 24.6 Å². The van der Waals surface area contributed by atoms with Gasteiger partial charge in [-0.3, -0.25) is 0 Å². The highest BCUT2D eigenvalue weighted by atomic mass is 19.4. The van der Waals surface area contributed by atoms with E-state index in [0.29, 0.717) is 46.9 Å². The van der Waals surface area contributed by atoms with Crippen LogP contribution in [0.3, 0.4) is 0 Å². The maximum atomic E-state index is 14.0. The number of fused-ring (bicyclic) bond motifs is 1. The molecule has 4 aromatic rings. The summed E-state index contributed by atoms with van der Waals surface area (Å²) in [5.74, 6) is 1.15. The molecule has 4 aromatic heterocycles. The second-order valence-electron chi connectivity index (χ2n) is 9.55. The predicted octanol–water partition coefficient (Wildman–Crippen LogP) is 5.00. The van der Waals surface area contributed by atoms with Crippen molar-refractivity contribution in [1.29, 1.82) is 0 Å². The molecule has 0 N–H and O–H groups in total. The average molecular weight is 547 g/mol. The van der Waals surface area contributed by atoms with Crippen LogP contribution in [0.4, 0.5) is 27.8 Å². The molecule has 1 saturated carbocycles. The number of aryl methyl sites for hydroxylation is 1. The molecule has 39 heavy (non-hydrogen) atoms. The van der Waals surface area contributed by atoms with E-state index in [9.17, 15) is 22.0 Å². The molecule has 1 aliphatic carbocycles. The van der Waals surface area contributed by atoms with E-state index < -0.39 is 18.4 Å². The number of aromatic nitrogens is 7. The van der Waals surface area contributed by atoms with Gasteiger partial charge in [-0.15, -0.1) is 0 Å². The zero-order valence-corrected chi connectivity index (χ0v) is 21.0. The summed E-state index contributed by atoms with van der Waals surface area (Å²) >= 11 is 0. The number of hydrogen-bond donors (Lipinski definition) is 0. The molecule has 0 bridgehead atoms. The molecule has 1 aliphatic heterocycles. The van der Waals surface area contributed by atoms with Crippen molar-refractivity contribution in [2.24, 2.45) is 7.05 Å². The van der Waals surface area contributed by atoms with Crippen molar-refractivity contribution in [3.05, 3.63) is 53.5 Å². The first-order valence-corrected chi connectivity index (χ1v) is 12.2. The summed E-state index contributed by atoms with van der Waals surface area (Å²) < 4.78 is 74.8. The molecule has 0 saturated heterocycles. The fourth-order valence-corrected chi connectivity index (χ4v) is 5.01. The number of hydrogen-bond acceptors (Lipinski definition) is 7. The van der Waals surface area contributed by atoms with Gasteiger partial charge in [-0.1, -0.05) is 0 Å². The van der Waals surface area contributed by atoms with Crippen LogP contribution < -0.4 is 9.64 Å². The van der Waals surface area contributed by atoms with Gasteiger partial charge in [-0.2, -0.15) is 27.1 Å². The molecular formula is C25H23F5N8O. The first kappa shape index (κ1) is 25.2. The summed E-state index contributed by atoms with van der Waals surface area (Å²) in [5, 5.41) is 4.31. The van der Waals surface area contributed by atoms with Crippen LogP contribution in [-0.2, 0) is 26.2 Å². The van der Waals surface area contributed by atoms with Gasteiger partial charge >= 0.3 is 12.7 Å². The number of rotatable bonds is 6. The van der Waals surface area contributed by atoms with Gasteiger partial charge in [0.05, 0.1) is 24.1 Å². The lowest BCUT2D eigenvalue weighted by molar-refractivity contribution is -0.140. The van der Waals surface area contributed by atoms with E-state index in [0.717, 1.165) is 29.4 Å². The zero-order valence-electron chi connectivity index (χ0n) is 21.0. The molecule has 204 valence electrons. The average Bonchev–Trinajstić information content (AvgIpc) is 3.58. The molecule has 0 radical (unpaired) electrons. The summed E-state index contributed by atoms with van der Waals surface area (Å²) in [6.45, 7) is -2.18. The van der Waals surface area contributed by atoms with E-state index in [2.05, 4.69) is 25.0 Å². The summed E-state index contributed by atoms with van der Waals surface area (Å²) in [7, 11) is 2.95. The van der Waals surface area contributed by atoms with E-state index in [1.54, 1.807) is 12.1 Å². The zero-order chi connectivity index (χ0) is 27.5. The Labute approximate surface area is 219 Å². The lowest BCUT2D eigenvalue weighted by atomic mass is 9.99. The maximum Gasteiger partial charge on any atom is 0.434 e.